The third-order valence-corrected chi connectivity index (χ3v) is 5.05. The van der Waals surface area contributed by atoms with Gasteiger partial charge < -0.3 is 10.1 Å². The van der Waals surface area contributed by atoms with Gasteiger partial charge in [0.15, 0.2) is 0 Å². The third kappa shape index (κ3) is 5.22. The Kier molecular flexibility index (Phi) is 6.03. The number of amides is 1. The lowest BCUT2D eigenvalue weighted by Crippen LogP contribution is -2.26. The van der Waals surface area contributed by atoms with Crippen molar-refractivity contribution in [3.8, 4) is 5.75 Å². The van der Waals surface area contributed by atoms with E-state index in [9.17, 15) is 13.2 Å². The van der Waals surface area contributed by atoms with Gasteiger partial charge in [-0.05, 0) is 49.7 Å². The van der Waals surface area contributed by atoms with Crippen molar-refractivity contribution >= 4 is 21.6 Å². The summed E-state index contributed by atoms with van der Waals surface area (Å²) in [6.07, 6.45) is 0. The lowest BCUT2D eigenvalue weighted by atomic mass is 10.1. The molecule has 0 saturated carbocycles. The smallest absolute Gasteiger partial charge is 0.251 e. The van der Waals surface area contributed by atoms with Crippen LogP contribution in [0.5, 0.6) is 5.75 Å². The van der Waals surface area contributed by atoms with Crippen LogP contribution in [0.4, 0.5) is 5.69 Å². The fraction of sp³-hybridized carbons (Fsp3) is 0.278. The van der Waals surface area contributed by atoms with Gasteiger partial charge in [0.1, 0.15) is 5.75 Å². The summed E-state index contributed by atoms with van der Waals surface area (Å²) in [5, 5.41) is 2.90. The summed E-state index contributed by atoms with van der Waals surface area (Å²) in [4.78, 5) is 12.4. The highest BCUT2D eigenvalue weighted by atomic mass is 32.2. The first-order valence-electron chi connectivity index (χ1n) is 7.90. The fourth-order valence-corrected chi connectivity index (χ4v) is 2.86. The maximum atomic E-state index is 12.4. The molecule has 134 valence electrons. The quantitative estimate of drug-likeness (QED) is 0.793. The predicted molar refractivity (Wildman–Crippen MR) is 98.4 cm³/mol. The van der Waals surface area contributed by atoms with Crippen molar-refractivity contribution in [1.82, 2.24) is 5.32 Å². The Morgan fingerprint density at radius 2 is 1.84 bits per heavy atom. The number of carbonyl (C=O) groups excluding carboxylic acids is 1. The summed E-state index contributed by atoms with van der Waals surface area (Å²) in [6, 6.07) is 13.6. The van der Waals surface area contributed by atoms with Gasteiger partial charge in [0.25, 0.3) is 5.91 Å². The SMILES string of the molecule is CCS(=O)(=O)Nc1cccc(C(=O)N[C@H](C)c2ccc(OC)cc2)c1. The Balaban J connectivity index is 2.09. The fourth-order valence-electron chi connectivity index (χ4n) is 2.23. The van der Waals surface area contributed by atoms with Crippen LogP contribution in [0.2, 0.25) is 0 Å². The molecule has 7 heteroatoms. The molecule has 1 amide bonds. The van der Waals surface area contributed by atoms with Crippen LogP contribution in [0, 0.1) is 0 Å². The second-order valence-electron chi connectivity index (χ2n) is 5.55. The van der Waals surface area contributed by atoms with Crippen molar-refractivity contribution in [3.05, 3.63) is 59.7 Å². The molecular formula is C18H22N2O4S. The van der Waals surface area contributed by atoms with Gasteiger partial charge in [0.05, 0.1) is 18.9 Å². The molecule has 25 heavy (non-hydrogen) atoms. The van der Waals surface area contributed by atoms with E-state index in [2.05, 4.69) is 10.0 Å². The average Bonchev–Trinajstić information content (AvgIpc) is 2.61. The van der Waals surface area contributed by atoms with Crippen LogP contribution in [-0.4, -0.2) is 27.2 Å². The van der Waals surface area contributed by atoms with Gasteiger partial charge >= 0.3 is 0 Å². The van der Waals surface area contributed by atoms with Crippen molar-refractivity contribution in [3.63, 3.8) is 0 Å². The summed E-state index contributed by atoms with van der Waals surface area (Å²) in [5.74, 6) is 0.442. The van der Waals surface area contributed by atoms with E-state index in [1.54, 1.807) is 32.2 Å². The second kappa shape index (κ2) is 8.02. The molecule has 2 N–H and O–H groups in total. The van der Waals surface area contributed by atoms with E-state index in [1.165, 1.54) is 6.07 Å². The summed E-state index contributed by atoms with van der Waals surface area (Å²) in [7, 11) is -1.78. The van der Waals surface area contributed by atoms with Crippen molar-refractivity contribution in [2.45, 2.75) is 19.9 Å². The minimum atomic E-state index is -3.38. The lowest BCUT2D eigenvalue weighted by molar-refractivity contribution is 0.0940. The number of benzene rings is 2. The Hall–Kier alpha value is -2.54. The van der Waals surface area contributed by atoms with Crippen LogP contribution < -0.4 is 14.8 Å². The largest absolute Gasteiger partial charge is 0.497 e. The number of carbonyl (C=O) groups is 1. The maximum Gasteiger partial charge on any atom is 0.251 e. The number of ether oxygens (including phenoxy) is 1. The van der Waals surface area contributed by atoms with E-state index in [-0.39, 0.29) is 17.7 Å². The van der Waals surface area contributed by atoms with Crippen LogP contribution in [0.25, 0.3) is 0 Å². The van der Waals surface area contributed by atoms with Gasteiger partial charge in [-0.1, -0.05) is 18.2 Å². The number of hydrogen-bond acceptors (Lipinski definition) is 4. The Bertz CT molecular complexity index is 832. The lowest BCUT2D eigenvalue weighted by Gasteiger charge is -2.15. The van der Waals surface area contributed by atoms with Crippen LogP contribution in [0.15, 0.2) is 48.5 Å². The van der Waals surface area contributed by atoms with Crippen molar-refractivity contribution in [2.75, 3.05) is 17.6 Å². The summed E-state index contributed by atoms with van der Waals surface area (Å²) in [6.45, 7) is 3.43. The number of anilines is 1. The molecule has 0 aromatic heterocycles. The van der Waals surface area contributed by atoms with E-state index in [4.69, 9.17) is 4.74 Å². The van der Waals surface area contributed by atoms with E-state index < -0.39 is 10.0 Å². The van der Waals surface area contributed by atoms with E-state index in [0.717, 1.165) is 11.3 Å². The Labute approximate surface area is 148 Å². The van der Waals surface area contributed by atoms with E-state index >= 15 is 0 Å². The highest BCUT2D eigenvalue weighted by Crippen LogP contribution is 2.18. The first kappa shape index (κ1) is 18.8. The molecule has 0 heterocycles. The second-order valence-corrected chi connectivity index (χ2v) is 7.57. The molecule has 6 nitrogen and oxygen atoms in total. The first-order chi connectivity index (χ1) is 11.8. The summed E-state index contributed by atoms with van der Waals surface area (Å²) < 4.78 is 30.8. The molecule has 2 rings (SSSR count). The van der Waals surface area contributed by atoms with Gasteiger partial charge in [0.2, 0.25) is 10.0 Å². The van der Waals surface area contributed by atoms with Gasteiger partial charge in [-0.2, -0.15) is 0 Å². The van der Waals surface area contributed by atoms with Crippen molar-refractivity contribution in [2.24, 2.45) is 0 Å². The van der Waals surface area contributed by atoms with Crippen LogP contribution in [-0.2, 0) is 10.0 Å². The molecule has 0 aliphatic carbocycles. The maximum absolute atomic E-state index is 12.4. The summed E-state index contributed by atoms with van der Waals surface area (Å²) >= 11 is 0. The molecule has 0 spiro atoms. The number of rotatable bonds is 7. The molecule has 0 radical (unpaired) electrons. The van der Waals surface area contributed by atoms with Gasteiger partial charge in [-0.25, -0.2) is 8.42 Å². The molecule has 0 bridgehead atoms. The first-order valence-corrected chi connectivity index (χ1v) is 9.55. The zero-order valence-electron chi connectivity index (χ0n) is 14.4. The monoisotopic (exact) mass is 362 g/mol. The highest BCUT2D eigenvalue weighted by Gasteiger charge is 2.13. The average molecular weight is 362 g/mol. The molecule has 0 saturated heterocycles. The number of nitrogens with one attached hydrogen (secondary N) is 2. The highest BCUT2D eigenvalue weighted by molar-refractivity contribution is 7.92. The molecule has 0 unspecified atom stereocenters. The number of sulfonamides is 1. The zero-order valence-corrected chi connectivity index (χ0v) is 15.3. The molecular weight excluding hydrogens is 340 g/mol. The molecule has 0 aliphatic rings. The number of hydrogen-bond donors (Lipinski definition) is 2. The summed E-state index contributed by atoms with van der Waals surface area (Å²) in [5.41, 5.74) is 1.69. The van der Waals surface area contributed by atoms with Gasteiger partial charge in [0, 0.05) is 11.3 Å². The third-order valence-electron chi connectivity index (χ3n) is 3.74. The molecule has 0 fully saturated rings. The topological polar surface area (TPSA) is 84.5 Å². The number of methoxy groups -OCH3 is 1. The zero-order chi connectivity index (χ0) is 18.4. The van der Waals surface area contributed by atoms with Gasteiger partial charge in [-0.3, -0.25) is 9.52 Å². The standard InChI is InChI=1S/C18H22N2O4S/c1-4-25(22,23)20-16-7-5-6-15(12-16)18(21)19-13(2)14-8-10-17(24-3)11-9-14/h5-13,20H,4H2,1-3H3,(H,19,21)/t13-/m1/s1. The van der Waals surface area contributed by atoms with Gasteiger partial charge in [-0.15, -0.1) is 0 Å². The van der Waals surface area contributed by atoms with E-state index in [0.29, 0.717) is 11.3 Å². The van der Waals surface area contributed by atoms with Crippen LogP contribution in [0.1, 0.15) is 35.8 Å². The molecule has 0 aliphatic heterocycles. The minimum Gasteiger partial charge on any atom is -0.497 e. The normalized spacial score (nSPS) is 12.3. The van der Waals surface area contributed by atoms with Crippen LogP contribution in [0.3, 0.4) is 0 Å². The Morgan fingerprint density at radius 1 is 1.16 bits per heavy atom. The Morgan fingerprint density at radius 3 is 2.44 bits per heavy atom. The van der Waals surface area contributed by atoms with Crippen LogP contribution >= 0.6 is 0 Å². The minimum absolute atomic E-state index is 0.0298. The molecule has 2 aromatic carbocycles. The molecule has 1 atom stereocenters. The van der Waals surface area contributed by atoms with E-state index in [1.807, 2.05) is 31.2 Å². The van der Waals surface area contributed by atoms with Crippen molar-refractivity contribution < 1.29 is 17.9 Å². The molecule has 2 aromatic rings. The van der Waals surface area contributed by atoms with Crippen molar-refractivity contribution in [1.29, 1.82) is 0 Å². The predicted octanol–water partition coefficient (Wildman–Crippen LogP) is 2.95.